The molecule has 226 valence electrons. The summed E-state index contributed by atoms with van der Waals surface area (Å²) in [5.41, 5.74) is 1.74. The summed E-state index contributed by atoms with van der Waals surface area (Å²) in [6.07, 6.45) is 7.60. The first-order chi connectivity index (χ1) is 21.0. The lowest BCUT2D eigenvalue weighted by molar-refractivity contribution is -0.124. The zero-order valence-corrected chi connectivity index (χ0v) is 24.8. The van der Waals surface area contributed by atoms with Crippen LogP contribution in [0.2, 0.25) is 0 Å². The number of fused-ring (bicyclic) bond motifs is 1. The highest BCUT2D eigenvalue weighted by Crippen LogP contribution is 2.54. The molecule has 0 radical (unpaired) electrons. The van der Waals surface area contributed by atoms with E-state index in [1.54, 1.807) is 26.0 Å². The molecule has 4 aromatic rings. The van der Waals surface area contributed by atoms with Crippen LogP contribution in [0.25, 0.3) is 5.65 Å². The van der Waals surface area contributed by atoms with E-state index in [-0.39, 0.29) is 36.5 Å². The number of aryl methyl sites for hydroxylation is 2. The molecule has 0 bridgehead atoms. The number of imidazole rings is 1. The molecular weight excluding hydrogens is 567 g/mol. The van der Waals surface area contributed by atoms with Gasteiger partial charge in [-0.05, 0) is 50.3 Å². The van der Waals surface area contributed by atoms with Crippen molar-refractivity contribution >= 4 is 40.8 Å². The van der Waals surface area contributed by atoms with Crippen LogP contribution in [0.1, 0.15) is 53.8 Å². The number of pyridine rings is 1. The molecule has 3 aliphatic rings. The Labute approximate surface area is 252 Å². The molecule has 4 aromatic heterocycles. The van der Waals surface area contributed by atoms with E-state index in [1.165, 1.54) is 18.1 Å². The van der Waals surface area contributed by atoms with Crippen LogP contribution in [0.15, 0.2) is 36.8 Å². The Morgan fingerprint density at radius 3 is 2.64 bits per heavy atom. The number of hydrogen-bond donors (Lipinski definition) is 1. The predicted molar refractivity (Wildman–Crippen MR) is 158 cm³/mol. The molecule has 3 fully saturated rings. The van der Waals surface area contributed by atoms with Gasteiger partial charge in [0.2, 0.25) is 11.8 Å². The van der Waals surface area contributed by atoms with Crippen molar-refractivity contribution in [2.75, 3.05) is 35.8 Å². The number of alkyl halides is 1. The second-order valence-electron chi connectivity index (χ2n) is 11.9. The Kier molecular flexibility index (Phi) is 6.34. The molecule has 2 aliphatic carbocycles. The number of nitrogens with one attached hydrogen (secondary N) is 1. The van der Waals surface area contributed by atoms with Crippen molar-refractivity contribution in [2.24, 2.45) is 5.92 Å². The Bertz CT molecular complexity index is 1860. The fraction of sp³-hybridized carbons (Fsp3) is 0.400. The average molecular weight is 599 g/mol. The molecule has 4 amide bonds. The quantitative estimate of drug-likeness (QED) is 0.303. The molecule has 13 nitrogen and oxygen atoms in total. The predicted octanol–water partition coefficient (Wildman–Crippen LogP) is 3.27. The van der Waals surface area contributed by atoms with E-state index in [1.807, 2.05) is 34.8 Å². The first-order valence-electron chi connectivity index (χ1n) is 14.5. The van der Waals surface area contributed by atoms with Gasteiger partial charge in [0.15, 0.2) is 17.1 Å². The monoisotopic (exact) mass is 598 g/mol. The summed E-state index contributed by atoms with van der Waals surface area (Å²) in [5.74, 6) is 0.00629. The summed E-state index contributed by atoms with van der Waals surface area (Å²) >= 11 is 0. The molecule has 2 atom stereocenters. The minimum Gasteiger partial charge on any atom is -0.354 e. The third-order valence-corrected chi connectivity index (χ3v) is 8.37. The standard InChI is InChI=1S/C30H31FN10O3/c1-16-7-8-32-28(33-16)30(31)11-21(30)27(43)37-23-10-24(35-17(2)34-23)38(3)13-20-14-40-12-19(18-5-6-18)9-22(26(40)36-20)41-15-25(42)39(4)29(41)44/h7-10,12,14,18,21H,5-6,11,13,15H2,1-4H3,(H,34,35,37,43)/t21-,30-/m1/s1. The second-order valence-corrected chi connectivity index (χ2v) is 11.9. The highest BCUT2D eigenvalue weighted by Gasteiger charge is 2.63. The van der Waals surface area contributed by atoms with Gasteiger partial charge < -0.3 is 14.6 Å². The minimum atomic E-state index is -1.90. The number of carbonyl (C=O) groups excluding carboxylic acids is 3. The Balaban J connectivity index is 1.11. The van der Waals surface area contributed by atoms with Crippen molar-refractivity contribution in [2.45, 2.75) is 51.2 Å². The van der Waals surface area contributed by atoms with Crippen molar-refractivity contribution < 1.29 is 18.8 Å². The number of aromatic nitrogens is 6. The molecule has 0 aromatic carbocycles. The second kappa shape index (κ2) is 10.0. The Morgan fingerprint density at radius 2 is 1.93 bits per heavy atom. The molecule has 0 unspecified atom stereocenters. The maximum atomic E-state index is 15.4. The molecule has 5 heterocycles. The SMILES string of the molecule is Cc1ccnc([C@@]2(F)C[C@@H]2C(=O)Nc2cc(N(C)Cc3cn4cc(C5CC5)cc(N5CC(=O)N(C)C5=O)c4n3)nc(C)n2)n1. The van der Waals surface area contributed by atoms with Gasteiger partial charge in [0.1, 0.15) is 24.0 Å². The normalized spacial score (nSPS) is 21.3. The molecule has 1 N–H and O–H groups in total. The van der Waals surface area contributed by atoms with Crippen LogP contribution in [0, 0.1) is 19.8 Å². The van der Waals surface area contributed by atoms with Gasteiger partial charge in [-0.3, -0.25) is 19.4 Å². The maximum Gasteiger partial charge on any atom is 0.331 e. The van der Waals surface area contributed by atoms with E-state index in [9.17, 15) is 14.4 Å². The van der Waals surface area contributed by atoms with E-state index >= 15 is 4.39 Å². The summed E-state index contributed by atoms with van der Waals surface area (Å²) in [6, 6.07) is 4.91. The van der Waals surface area contributed by atoms with Crippen molar-refractivity contribution in [1.82, 2.24) is 34.2 Å². The summed E-state index contributed by atoms with van der Waals surface area (Å²) in [5, 5.41) is 2.74. The van der Waals surface area contributed by atoms with Crippen LogP contribution < -0.4 is 15.1 Å². The summed E-state index contributed by atoms with van der Waals surface area (Å²) in [6.45, 7) is 3.79. The van der Waals surface area contributed by atoms with E-state index < -0.39 is 17.5 Å². The van der Waals surface area contributed by atoms with Gasteiger partial charge in [-0.1, -0.05) is 0 Å². The van der Waals surface area contributed by atoms with Gasteiger partial charge in [0.05, 0.1) is 23.8 Å². The highest BCUT2D eigenvalue weighted by atomic mass is 19.1. The van der Waals surface area contributed by atoms with Crippen molar-refractivity contribution in [3.63, 3.8) is 0 Å². The molecule has 0 spiro atoms. The van der Waals surface area contributed by atoms with Gasteiger partial charge in [-0.15, -0.1) is 0 Å². The van der Waals surface area contributed by atoms with Gasteiger partial charge in [0, 0.05) is 50.9 Å². The van der Waals surface area contributed by atoms with Crippen molar-refractivity contribution in [1.29, 1.82) is 0 Å². The largest absolute Gasteiger partial charge is 0.354 e. The summed E-state index contributed by atoms with van der Waals surface area (Å²) in [4.78, 5) is 64.5. The zero-order chi connectivity index (χ0) is 30.9. The van der Waals surface area contributed by atoms with Crippen molar-refractivity contribution in [3.8, 4) is 0 Å². The third-order valence-electron chi connectivity index (χ3n) is 8.37. The number of halogens is 1. The number of rotatable bonds is 8. The van der Waals surface area contributed by atoms with E-state index in [4.69, 9.17) is 4.98 Å². The summed E-state index contributed by atoms with van der Waals surface area (Å²) in [7, 11) is 3.32. The van der Waals surface area contributed by atoms with Crippen LogP contribution in [-0.4, -0.2) is 72.7 Å². The van der Waals surface area contributed by atoms with Gasteiger partial charge in [-0.25, -0.2) is 34.1 Å². The van der Waals surface area contributed by atoms with Gasteiger partial charge >= 0.3 is 6.03 Å². The maximum absolute atomic E-state index is 15.4. The first-order valence-corrected chi connectivity index (χ1v) is 14.5. The lowest BCUT2D eigenvalue weighted by Crippen LogP contribution is -2.30. The van der Waals surface area contributed by atoms with Crippen molar-refractivity contribution in [3.05, 3.63) is 65.4 Å². The van der Waals surface area contributed by atoms with Crippen LogP contribution >= 0.6 is 0 Å². The van der Waals surface area contributed by atoms with E-state index in [0.29, 0.717) is 46.8 Å². The Hall–Kier alpha value is -5.01. The number of urea groups is 1. The number of amides is 4. The molecule has 14 heteroatoms. The number of likely N-dealkylation sites (N-methyl/N-ethyl adjacent to an activating group) is 1. The Morgan fingerprint density at radius 1 is 1.14 bits per heavy atom. The fourth-order valence-corrected chi connectivity index (χ4v) is 5.64. The molecule has 44 heavy (non-hydrogen) atoms. The van der Waals surface area contributed by atoms with E-state index in [0.717, 1.165) is 23.3 Å². The summed E-state index contributed by atoms with van der Waals surface area (Å²) < 4.78 is 17.3. The smallest absolute Gasteiger partial charge is 0.331 e. The molecule has 1 aliphatic heterocycles. The molecule has 7 rings (SSSR count). The van der Waals surface area contributed by atoms with Crippen LogP contribution in [0.5, 0.6) is 0 Å². The number of nitrogens with zero attached hydrogens (tertiary/aromatic N) is 9. The fourth-order valence-electron chi connectivity index (χ4n) is 5.64. The first kappa shape index (κ1) is 27.8. The molecular formula is C30H31FN10O3. The average Bonchev–Trinajstić information content (AvgIpc) is 3.89. The van der Waals surface area contributed by atoms with Crippen LogP contribution in [0.4, 0.5) is 26.5 Å². The zero-order valence-electron chi connectivity index (χ0n) is 24.8. The third kappa shape index (κ3) is 4.89. The van der Waals surface area contributed by atoms with Gasteiger partial charge in [0.25, 0.3) is 0 Å². The highest BCUT2D eigenvalue weighted by molar-refractivity contribution is 6.13. The number of hydrogen-bond acceptors (Lipinski definition) is 9. The molecule has 1 saturated heterocycles. The van der Waals surface area contributed by atoms with Crippen LogP contribution in [0.3, 0.4) is 0 Å². The van der Waals surface area contributed by atoms with Crippen LogP contribution in [-0.2, 0) is 21.8 Å². The minimum absolute atomic E-state index is 0.00488. The lowest BCUT2D eigenvalue weighted by atomic mass is 10.1. The number of imide groups is 1. The topological polar surface area (TPSA) is 142 Å². The van der Waals surface area contributed by atoms with Gasteiger partial charge in [-0.2, -0.15) is 0 Å². The molecule has 2 saturated carbocycles. The van der Waals surface area contributed by atoms with E-state index in [2.05, 4.69) is 25.3 Å². The number of anilines is 3. The lowest BCUT2D eigenvalue weighted by Gasteiger charge is -2.18. The number of carbonyl (C=O) groups is 3.